The molecule has 2 aromatic rings. The number of hydrogen-bond acceptors (Lipinski definition) is 1. The maximum absolute atomic E-state index is 8.96. The highest BCUT2D eigenvalue weighted by atomic mass is 35.5. The van der Waals surface area contributed by atoms with Crippen molar-refractivity contribution in [3.63, 3.8) is 0 Å². The molecule has 0 spiro atoms. The molecule has 2 aromatic carbocycles. The number of rotatable bonds is 3. The number of fused-ring (bicyclic) bond motifs is 1. The second-order valence-corrected chi connectivity index (χ2v) is 5.31. The minimum Gasteiger partial charge on any atom is -0.192 e. The SMILES string of the molecule is C=Cc1c(/C=C(\C)C(=C)C#N)c(Cl)c(C)c2ccccc12. The van der Waals surface area contributed by atoms with E-state index in [0.29, 0.717) is 10.6 Å². The quantitative estimate of drug-likeness (QED) is 0.508. The van der Waals surface area contributed by atoms with E-state index in [1.807, 2.05) is 38.1 Å². The molecule has 2 heteroatoms. The zero-order valence-corrected chi connectivity index (χ0v) is 13.0. The molecule has 0 saturated heterocycles. The normalized spacial score (nSPS) is 11.2. The summed E-state index contributed by atoms with van der Waals surface area (Å²) in [7, 11) is 0. The lowest BCUT2D eigenvalue weighted by Gasteiger charge is -2.14. The van der Waals surface area contributed by atoms with Gasteiger partial charge in [-0.15, -0.1) is 0 Å². The summed E-state index contributed by atoms with van der Waals surface area (Å²) in [4.78, 5) is 0. The van der Waals surface area contributed by atoms with Crippen molar-refractivity contribution in [3.05, 3.63) is 70.3 Å². The van der Waals surface area contributed by atoms with Crippen LogP contribution >= 0.6 is 11.6 Å². The van der Waals surface area contributed by atoms with Gasteiger partial charge in [0.25, 0.3) is 0 Å². The number of nitriles is 1. The van der Waals surface area contributed by atoms with Crippen molar-refractivity contribution in [2.45, 2.75) is 13.8 Å². The zero-order valence-electron chi connectivity index (χ0n) is 12.2. The van der Waals surface area contributed by atoms with E-state index in [-0.39, 0.29) is 0 Å². The fourth-order valence-corrected chi connectivity index (χ4v) is 2.64. The molecule has 0 aliphatic rings. The van der Waals surface area contributed by atoms with Crippen molar-refractivity contribution < 1.29 is 0 Å². The van der Waals surface area contributed by atoms with E-state index in [4.69, 9.17) is 16.9 Å². The minimum atomic E-state index is 0.437. The molecule has 1 nitrogen and oxygen atoms in total. The van der Waals surface area contributed by atoms with Crippen LogP contribution < -0.4 is 0 Å². The number of hydrogen-bond donors (Lipinski definition) is 0. The molecule has 21 heavy (non-hydrogen) atoms. The first-order chi connectivity index (χ1) is 10.0. The molecule has 0 fully saturated rings. The van der Waals surface area contributed by atoms with Gasteiger partial charge in [-0.25, -0.2) is 0 Å². The van der Waals surface area contributed by atoms with E-state index in [0.717, 1.165) is 33.0 Å². The van der Waals surface area contributed by atoms with E-state index in [1.165, 1.54) is 0 Å². The third kappa shape index (κ3) is 2.63. The molecule has 0 bridgehead atoms. The number of aryl methyl sites for hydroxylation is 1. The Labute approximate surface area is 130 Å². The van der Waals surface area contributed by atoms with Gasteiger partial charge in [0, 0.05) is 11.1 Å². The van der Waals surface area contributed by atoms with Gasteiger partial charge in [-0.2, -0.15) is 5.26 Å². The van der Waals surface area contributed by atoms with Gasteiger partial charge in [0.15, 0.2) is 0 Å². The van der Waals surface area contributed by atoms with Crippen molar-refractivity contribution >= 4 is 34.5 Å². The van der Waals surface area contributed by atoms with Crippen LogP contribution in [-0.4, -0.2) is 0 Å². The Morgan fingerprint density at radius 2 is 1.86 bits per heavy atom. The standard InChI is InChI=1S/C19H16ClN/c1-5-15-17-9-7-6-8-16(17)14(4)19(20)18(15)10-12(2)13(3)11-21/h5-10H,1,3H2,2,4H3/b12-10+. The van der Waals surface area contributed by atoms with Gasteiger partial charge in [0.2, 0.25) is 0 Å². The summed E-state index contributed by atoms with van der Waals surface area (Å²) in [5, 5.41) is 11.9. The fourth-order valence-electron chi connectivity index (χ4n) is 2.38. The van der Waals surface area contributed by atoms with Crippen molar-refractivity contribution in [3.8, 4) is 6.07 Å². The first-order valence-electron chi connectivity index (χ1n) is 6.62. The molecule has 2 rings (SSSR count). The van der Waals surface area contributed by atoms with Crippen LogP contribution in [-0.2, 0) is 0 Å². The van der Waals surface area contributed by atoms with E-state index >= 15 is 0 Å². The van der Waals surface area contributed by atoms with Crippen LogP contribution in [0.1, 0.15) is 23.6 Å². The maximum atomic E-state index is 8.96. The van der Waals surface area contributed by atoms with Gasteiger partial charge in [-0.05, 0) is 47.4 Å². The molecule has 0 aliphatic carbocycles. The second-order valence-electron chi connectivity index (χ2n) is 4.93. The van der Waals surface area contributed by atoms with Crippen molar-refractivity contribution in [1.29, 1.82) is 5.26 Å². The highest BCUT2D eigenvalue weighted by Gasteiger charge is 2.13. The van der Waals surface area contributed by atoms with Gasteiger partial charge in [-0.3, -0.25) is 0 Å². The van der Waals surface area contributed by atoms with Gasteiger partial charge in [0.05, 0.1) is 11.1 Å². The highest BCUT2D eigenvalue weighted by Crippen LogP contribution is 2.36. The van der Waals surface area contributed by atoms with Crippen molar-refractivity contribution in [2.24, 2.45) is 0 Å². The molecule has 0 atom stereocenters. The monoisotopic (exact) mass is 293 g/mol. The Balaban J connectivity index is 2.87. The van der Waals surface area contributed by atoms with Crippen LogP contribution in [0.4, 0.5) is 0 Å². The van der Waals surface area contributed by atoms with Crippen LogP contribution in [0.5, 0.6) is 0 Å². The number of allylic oxidation sites excluding steroid dienone is 2. The van der Waals surface area contributed by atoms with Crippen molar-refractivity contribution in [2.75, 3.05) is 0 Å². The molecule has 0 N–H and O–H groups in total. The van der Waals surface area contributed by atoms with E-state index in [9.17, 15) is 0 Å². The minimum absolute atomic E-state index is 0.437. The fraction of sp³-hybridized carbons (Fsp3) is 0.105. The molecule has 0 aliphatic heterocycles. The summed E-state index contributed by atoms with van der Waals surface area (Å²) in [6, 6.07) is 10.2. The van der Waals surface area contributed by atoms with Crippen LogP contribution in [0.15, 0.2) is 48.6 Å². The van der Waals surface area contributed by atoms with Gasteiger partial charge < -0.3 is 0 Å². The smallest absolute Gasteiger partial charge is 0.0988 e. The third-order valence-electron chi connectivity index (χ3n) is 3.65. The van der Waals surface area contributed by atoms with Crippen LogP contribution in [0.3, 0.4) is 0 Å². The molecule has 0 heterocycles. The first kappa shape index (κ1) is 15.1. The van der Waals surface area contributed by atoms with E-state index < -0.39 is 0 Å². The molecule has 0 aromatic heterocycles. The van der Waals surface area contributed by atoms with E-state index in [1.54, 1.807) is 0 Å². The zero-order chi connectivity index (χ0) is 15.6. The highest BCUT2D eigenvalue weighted by molar-refractivity contribution is 6.34. The summed E-state index contributed by atoms with van der Waals surface area (Å²) < 4.78 is 0. The topological polar surface area (TPSA) is 23.8 Å². The largest absolute Gasteiger partial charge is 0.192 e. The molecule has 104 valence electrons. The van der Waals surface area contributed by atoms with Gasteiger partial charge >= 0.3 is 0 Å². The average Bonchev–Trinajstić information content (AvgIpc) is 2.51. The van der Waals surface area contributed by atoms with E-state index in [2.05, 4.69) is 31.4 Å². The maximum Gasteiger partial charge on any atom is 0.0988 e. The lowest BCUT2D eigenvalue weighted by molar-refractivity contribution is 1.42. The summed E-state index contributed by atoms with van der Waals surface area (Å²) in [5.74, 6) is 0. The summed E-state index contributed by atoms with van der Waals surface area (Å²) in [6.45, 7) is 11.5. The number of benzene rings is 2. The lowest BCUT2D eigenvalue weighted by Crippen LogP contribution is -1.92. The predicted molar refractivity (Wildman–Crippen MR) is 92.2 cm³/mol. The molecular weight excluding hydrogens is 278 g/mol. The van der Waals surface area contributed by atoms with Crippen LogP contribution in [0, 0.1) is 18.3 Å². The predicted octanol–water partition coefficient (Wildman–Crippen LogP) is 5.93. The molecule has 0 unspecified atom stereocenters. The van der Waals surface area contributed by atoms with Crippen LogP contribution in [0.25, 0.3) is 22.9 Å². The van der Waals surface area contributed by atoms with Crippen LogP contribution in [0.2, 0.25) is 5.02 Å². The Kier molecular flexibility index (Phi) is 4.31. The summed E-state index contributed by atoms with van der Waals surface area (Å²) in [5.41, 5.74) is 4.13. The molecular formula is C19H16ClN. The average molecular weight is 294 g/mol. The Morgan fingerprint density at radius 1 is 1.24 bits per heavy atom. The molecule has 0 amide bonds. The summed E-state index contributed by atoms with van der Waals surface area (Å²) in [6.07, 6.45) is 3.71. The van der Waals surface area contributed by atoms with Gasteiger partial charge in [-0.1, -0.05) is 55.1 Å². The number of halogens is 1. The Morgan fingerprint density at radius 3 is 2.43 bits per heavy atom. The first-order valence-corrected chi connectivity index (χ1v) is 7.00. The molecule has 0 radical (unpaired) electrons. The van der Waals surface area contributed by atoms with Gasteiger partial charge in [0.1, 0.15) is 0 Å². The van der Waals surface area contributed by atoms with Crippen molar-refractivity contribution in [1.82, 2.24) is 0 Å². The Bertz CT molecular complexity index is 820. The lowest BCUT2D eigenvalue weighted by atomic mass is 9.93. The Hall–Kier alpha value is -2.30. The number of nitrogens with zero attached hydrogens (tertiary/aromatic N) is 1. The molecule has 0 saturated carbocycles. The third-order valence-corrected chi connectivity index (χ3v) is 4.14. The second kappa shape index (κ2) is 5.99. The summed E-state index contributed by atoms with van der Waals surface area (Å²) >= 11 is 6.54.